The maximum absolute atomic E-state index is 9.93. The molecule has 2 rings (SSSR count). The van der Waals surface area contributed by atoms with Crippen LogP contribution in [0.4, 0.5) is 0 Å². The summed E-state index contributed by atoms with van der Waals surface area (Å²) >= 11 is 2.25. The van der Waals surface area contributed by atoms with Crippen molar-refractivity contribution in [3.05, 3.63) is 35.9 Å². The Balaban J connectivity index is 2.61. The Morgan fingerprint density at radius 3 is 2.78 bits per heavy atom. The van der Waals surface area contributed by atoms with Gasteiger partial charge in [-0.1, -0.05) is 23.7 Å². The first-order valence-corrected chi connectivity index (χ1v) is 10.9. The van der Waals surface area contributed by atoms with E-state index in [1.54, 1.807) is 14.6 Å². The molecule has 92 valence electrons. The van der Waals surface area contributed by atoms with Crippen molar-refractivity contribution in [1.29, 1.82) is 0 Å². The van der Waals surface area contributed by atoms with E-state index in [0.717, 1.165) is 10.9 Å². The lowest BCUT2D eigenvalue weighted by Gasteiger charge is -2.04. The Morgan fingerprint density at radius 2 is 2.06 bits per heavy atom. The lowest BCUT2D eigenvalue weighted by molar-refractivity contribution is 0.455. The molecule has 0 saturated carbocycles. The van der Waals surface area contributed by atoms with Crippen molar-refractivity contribution in [2.24, 2.45) is 0 Å². The molecule has 0 fully saturated rings. The van der Waals surface area contributed by atoms with Crippen LogP contribution in [0.5, 0.6) is 11.5 Å². The zero-order valence-electron chi connectivity index (χ0n) is 9.51. The molecule has 0 amide bonds. The van der Waals surface area contributed by atoms with Gasteiger partial charge < -0.3 is 10.2 Å². The highest BCUT2D eigenvalue weighted by atomic mass is 127. The molecule has 2 N–H and O–H groups in total. The van der Waals surface area contributed by atoms with E-state index in [2.05, 4.69) is 39.5 Å². The molecule has 0 aliphatic heterocycles. The Hall–Kier alpha value is -0.630. The Labute approximate surface area is 123 Å². The van der Waals surface area contributed by atoms with Crippen molar-refractivity contribution in [3.63, 3.8) is 0 Å². The van der Waals surface area contributed by atoms with Gasteiger partial charge in [0.1, 0.15) is 11.5 Å². The first-order valence-electron chi connectivity index (χ1n) is 5.10. The van der Waals surface area contributed by atoms with Gasteiger partial charge in [-0.05, 0) is 32.7 Å². The van der Waals surface area contributed by atoms with Crippen LogP contribution in [0, 0.1) is 11.6 Å². The van der Waals surface area contributed by atoms with Gasteiger partial charge in [0.2, 0.25) is 0 Å². The van der Waals surface area contributed by atoms with E-state index >= 15 is 0 Å². The second kappa shape index (κ2) is 6.01. The number of hydrogen-bond acceptors (Lipinski definition) is 3. The Morgan fingerprint density at radius 1 is 1.28 bits per heavy atom. The molecule has 2 nitrogen and oxygen atoms in total. The average Bonchev–Trinajstić information content (AvgIpc) is 2.35. The minimum atomic E-state index is -0.362. The average molecular weight is 388 g/mol. The lowest BCUT2D eigenvalue weighted by atomic mass is 10.0. The van der Waals surface area contributed by atoms with Gasteiger partial charge in [-0.15, -0.1) is 0 Å². The molecule has 0 aliphatic carbocycles. The Bertz CT molecular complexity index is 648. The van der Waals surface area contributed by atoms with Gasteiger partial charge in [0, 0.05) is 45.3 Å². The SMILES string of the molecule is CP(C#Cc1cccc2cc(O)cc(O)c12)SI. The monoisotopic (exact) mass is 388 g/mol. The molecular weight excluding hydrogens is 378 g/mol. The fourth-order valence-corrected chi connectivity index (χ4v) is 3.09. The fraction of sp³-hybridized carbons (Fsp3) is 0.0769. The van der Waals surface area contributed by atoms with Gasteiger partial charge in [0.15, 0.2) is 0 Å². The molecule has 0 saturated heterocycles. The standard InChI is InChI=1S/C13H10IO2PS/c1-17(18-14)6-5-9-3-2-4-10-7-11(15)8-12(16)13(9)10/h2-4,7-8,15-16H,1H3. The highest BCUT2D eigenvalue weighted by molar-refractivity contribution is 14.2. The maximum atomic E-state index is 9.93. The smallest absolute Gasteiger partial charge is 0.128 e. The summed E-state index contributed by atoms with van der Waals surface area (Å²) in [5.74, 6) is 3.24. The lowest BCUT2D eigenvalue weighted by Crippen LogP contribution is -1.81. The predicted octanol–water partition coefficient (Wildman–Crippen LogP) is 4.67. The molecular formula is C13H10IO2PS. The Kier molecular flexibility index (Phi) is 4.60. The predicted molar refractivity (Wildman–Crippen MR) is 88.6 cm³/mol. The van der Waals surface area contributed by atoms with E-state index in [1.165, 1.54) is 6.07 Å². The van der Waals surface area contributed by atoms with Crippen molar-refractivity contribution >= 4 is 47.7 Å². The molecule has 0 radical (unpaired) electrons. The van der Waals surface area contributed by atoms with Gasteiger partial charge in [-0.25, -0.2) is 0 Å². The third kappa shape index (κ3) is 3.03. The van der Waals surface area contributed by atoms with Crippen molar-refractivity contribution in [2.75, 3.05) is 6.66 Å². The van der Waals surface area contributed by atoms with E-state index in [4.69, 9.17) is 0 Å². The number of hydrogen-bond donors (Lipinski definition) is 2. The molecule has 18 heavy (non-hydrogen) atoms. The van der Waals surface area contributed by atoms with Crippen LogP contribution in [0.2, 0.25) is 0 Å². The van der Waals surface area contributed by atoms with Crippen molar-refractivity contribution < 1.29 is 10.2 Å². The number of rotatable bonds is 1. The molecule has 0 aliphatic rings. The van der Waals surface area contributed by atoms with E-state index in [-0.39, 0.29) is 18.6 Å². The van der Waals surface area contributed by atoms with Crippen LogP contribution in [0.1, 0.15) is 5.56 Å². The summed E-state index contributed by atoms with van der Waals surface area (Å²) in [5.41, 5.74) is 3.98. The highest BCUT2D eigenvalue weighted by Gasteiger charge is 2.06. The van der Waals surface area contributed by atoms with E-state index in [9.17, 15) is 10.2 Å². The van der Waals surface area contributed by atoms with E-state index in [1.807, 2.05) is 18.2 Å². The summed E-state index contributed by atoms with van der Waals surface area (Å²) in [4.78, 5) is 0. The molecule has 2 aromatic rings. The van der Waals surface area contributed by atoms with Crippen molar-refractivity contribution in [3.8, 4) is 23.1 Å². The molecule has 0 spiro atoms. The van der Waals surface area contributed by atoms with Crippen LogP contribution in [-0.4, -0.2) is 16.9 Å². The summed E-state index contributed by atoms with van der Waals surface area (Å²) in [5, 5.41) is 20.9. The summed E-state index contributed by atoms with van der Waals surface area (Å²) in [6.45, 7) is 2.09. The van der Waals surface area contributed by atoms with Crippen molar-refractivity contribution in [1.82, 2.24) is 0 Å². The molecule has 5 heteroatoms. The molecule has 1 atom stereocenters. The van der Waals surface area contributed by atoms with E-state index in [0.29, 0.717) is 5.39 Å². The summed E-state index contributed by atoms with van der Waals surface area (Å²) < 4.78 is 0. The van der Waals surface area contributed by atoms with Gasteiger partial charge in [0.25, 0.3) is 0 Å². The zero-order chi connectivity index (χ0) is 13.1. The molecule has 0 bridgehead atoms. The fourth-order valence-electron chi connectivity index (χ4n) is 1.65. The molecule has 1 unspecified atom stereocenters. The quantitative estimate of drug-likeness (QED) is 0.424. The van der Waals surface area contributed by atoms with Gasteiger partial charge >= 0.3 is 0 Å². The minimum Gasteiger partial charge on any atom is -0.508 e. The number of halogens is 1. The second-order valence-electron chi connectivity index (χ2n) is 3.67. The first-order chi connectivity index (χ1) is 8.61. The number of phenolic OH excluding ortho intramolecular Hbond substituents is 2. The van der Waals surface area contributed by atoms with Crippen LogP contribution in [-0.2, 0) is 0 Å². The second-order valence-corrected chi connectivity index (χ2v) is 10.6. The van der Waals surface area contributed by atoms with Crippen molar-refractivity contribution in [2.45, 2.75) is 0 Å². The van der Waals surface area contributed by atoms with E-state index < -0.39 is 0 Å². The highest BCUT2D eigenvalue weighted by Crippen LogP contribution is 2.49. The summed E-state index contributed by atoms with van der Waals surface area (Å²) in [6, 6.07) is 8.58. The normalized spacial score (nSPS) is 11.9. The third-order valence-electron chi connectivity index (χ3n) is 2.39. The third-order valence-corrected chi connectivity index (χ3v) is 9.24. The topological polar surface area (TPSA) is 40.5 Å². The van der Waals surface area contributed by atoms with Crippen LogP contribution in [0.25, 0.3) is 10.8 Å². The zero-order valence-corrected chi connectivity index (χ0v) is 13.4. The van der Waals surface area contributed by atoms with Gasteiger partial charge in [0.05, 0.1) is 0 Å². The molecule has 2 aromatic carbocycles. The van der Waals surface area contributed by atoms with Crippen LogP contribution < -0.4 is 0 Å². The number of aromatic hydroxyl groups is 2. The largest absolute Gasteiger partial charge is 0.508 e. The van der Waals surface area contributed by atoms with Gasteiger partial charge in [-0.3, -0.25) is 0 Å². The minimum absolute atomic E-state index is 0.0608. The van der Waals surface area contributed by atoms with Crippen LogP contribution >= 0.6 is 36.9 Å². The maximum Gasteiger partial charge on any atom is 0.128 e. The number of fused-ring (bicyclic) bond motifs is 1. The number of phenols is 2. The summed E-state index contributed by atoms with van der Waals surface area (Å²) in [6.07, 6.45) is 0. The van der Waals surface area contributed by atoms with Gasteiger partial charge in [-0.2, -0.15) is 0 Å². The molecule has 0 heterocycles. The molecule has 0 aromatic heterocycles. The first kappa shape index (κ1) is 13.8. The van der Waals surface area contributed by atoms with Crippen LogP contribution in [0.15, 0.2) is 30.3 Å². The van der Waals surface area contributed by atoms with Crippen LogP contribution in [0.3, 0.4) is 0 Å². The number of benzene rings is 2. The summed E-state index contributed by atoms with van der Waals surface area (Å²) in [7, 11) is 1.35.